The molecule has 25 heavy (non-hydrogen) atoms. The van der Waals surface area contributed by atoms with Crippen molar-refractivity contribution in [3.8, 4) is 11.3 Å². The lowest BCUT2D eigenvalue weighted by Crippen LogP contribution is -2.28. The van der Waals surface area contributed by atoms with E-state index in [1.165, 1.54) is 12.1 Å². The summed E-state index contributed by atoms with van der Waals surface area (Å²) in [4.78, 5) is 20.2. The number of benzene rings is 1. The molecule has 1 aromatic carbocycles. The molecule has 0 amide bonds. The van der Waals surface area contributed by atoms with E-state index in [0.29, 0.717) is 4.40 Å². The van der Waals surface area contributed by atoms with Crippen LogP contribution in [0.25, 0.3) is 16.9 Å². The van der Waals surface area contributed by atoms with Crippen molar-refractivity contribution in [1.29, 1.82) is 0 Å². The smallest absolute Gasteiger partial charge is 0.268 e. The minimum atomic E-state index is -4.86. The third-order valence-corrected chi connectivity index (χ3v) is 4.05. The van der Waals surface area contributed by atoms with E-state index in [0.717, 1.165) is 19.2 Å². The van der Waals surface area contributed by atoms with E-state index < -0.39 is 28.8 Å². The Morgan fingerprint density at radius 3 is 2.52 bits per heavy atom. The Labute approximate surface area is 151 Å². The first-order chi connectivity index (χ1) is 11.6. The van der Waals surface area contributed by atoms with Crippen LogP contribution in [0.15, 0.2) is 33.8 Å². The van der Waals surface area contributed by atoms with Gasteiger partial charge in [-0.3, -0.25) is 9.20 Å². The molecule has 0 bridgehead atoms. The molecule has 0 aliphatic carbocycles. The molecule has 3 rings (SSSR count). The van der Waals surface area contributed by atoms with Crippen LogP contribution in [0.5, 0.6) is 0 Å². The number of fused-ring (bicyclic) bond motifs is 1. The van der Waals surface area contributed by atoms with E-state index in [1.54, 1.807) is 0 Å². The Hall–Kier alpha value is -2.00. The second kappa shape index (κ2) is 6.06. The summed E-state index contributed by atoms with van der Waals surface area (Å²) in [6.45, 7) is 1.06. The maximum atomic E-state index is 14.2. The predicted molar refractivity (Wildman–Crippen MR) is 87.1 cm³/mol. The highest BCUT2D eigenvalue weighted by atomic mass is 79.9. The molecule has 0 spiro atoms. The summed E-state index contributed by atoms with van der Waals surface area (Å²) in [7, 11) is 0. The molecule has 0 radical (unpaired) electrons. The van der Waals surface area contributed by atoms with Gasteiger partial charge in [0, 0.05) is 16.8 Å². The lowest BCUT2D eigenvalue weighted by molar-refractivity contribution is -0.139. The number of alkyl halides is 3. The zero-order chi connectivity index (χ0) is 18.5. The fourth-order valence-electron chi connectivity index (χ4n) is 2.41. The van der Waals surface area contributed by atoms with Crippen molar-refractivity contribution in [2.75, 3.05) is 0 Å². The highest BCUT2D eigenvalue weighted by Gasteiger charge is 2.37. The molecule has 0 saturated carbocycles. The Morgan fingerprint density at radius 1 is 1.24 bits per heavy atom. The maximum absolute atomic E-state index is 14.2. The first-order valence-electron chi connectivity index (χ1n) is 6.71. The average Bonchev–Trinajstić information content (AvgIpc) is 2.46. The Morgan fingerprint density at radius 2 is 1.92 bits per heavy atom. The second-order valence-corrected chi connectivity index (χ2v) is 6.35. The van der Waals surface area contributed by atoms with Crippen molar-refractivity contribution in [3.63, 3.8) is 0 Å². The van der Waals surface area contributed by atoms with Crippen LogP contribution >= 0.6 is 27.5 Å². The quantitative estimate of drug-likeness (QED) is 0.522. The molecule has 0 atom stereocenters. The van der Waals surface area contributed by atoms with Crippen molar-refractivity contribution in [2.24, 2.45) is 0 Å². The summed E-state index contributed by atoms with van der Waals surface area (Å²) in [6, 6.07) is 3.74. The average molecular weight is 437 g/mol. The molecule has 0 aliphatic heterocycles. The number of rotatable bonds is 1. The van der Waals surface area contributed by atoms with Crippen molar-refractivity contribution in [2.45, 2.75) is 13.1 Å². The van der Waals surface area contributed by atoms with Gasteiger partial charge in [-0.15, -0.1) is 0 Å². The van der Waals surface area contributed by atoms with Gasteiger partial charge in [0.05, 0.1) is 5.69 Å². The molecule has 3 aromatic rings. The fourth-order valence-corrected chi connectivity index (χ4v) is 2.95. The zero-order valence-corrected chi connectivity index (χ0v) is 14.7. The highest BCUT2D eigenvalue weighted by molar-refractivity contribution is 9.10. The molecule has 130 valence electrons. The summed E-state index contributed by atoms with van der Waals surface area (Å²) in [5.41, 5.74) is -3.54. The van der Waals surface area contributed by atoms with Gasteiger partial charge in [-0.25, -0.2) is 14.4 Å². The zero-order valence-electron chi connectivity index (χ0n) is 12.3. The number of halogens is 6. The normalized spacial score (nSPS) is 12.0. The molecule has 10 heteroatoms. The first kappa shape index (κ1) is 17.8. The van der Waals surface area contributed by atoms with Gasteiger partial charge in [-0.05, 0) is 41.1 Å². The molecule has 0 fully saturated rings. The van der Waals surface area contributed by atoms with Crippen LogP contribution in [0.1, 0.15) is 11.3 Å². The summed E-state index contributed by atoms with van der Waals surface area (Å²) < 4.78 is 54.3. The maximum Gasteiger partial charge on any atom is 0.423 e. The van der Waals surface area contributed by atoms with Crippen LogP contribution in [-0.4, -0.2) is 14.4 Å². The summed E-state index contributed by atoms with van der Waals surface area (Å²) in [5.74, 6) is -0.744. The Balaban J connectivity index is 2.45. The van der Waals surface area contributed by atoms with E-state index in [4.69, 9.17) is 11.6 Å². The highest BCUT2D eigenvalue weighted by Crippen LogP contribution is 2.31. The van der Waals surface area contributed by atoms with Gasteiger partial charge in [0.1, 0.15) is 21.7 Å². The fraction of sp³-hybridized carbons (Fsp3) is 0.133. The van der Waals surface area contributed by atoms with Crippen molar-refractivity contribution < 1.29 is 17.6 Å². The first-order valence-corrected chi connectivity index (χ1v) is 7.89. The largest absolute Gasteiger partial charge is 0.423 e. The third kappa shape index (κ3) is 3.13. The summed E-state index contributed by atoms with van der Waals surface area (Å²) in [6.07, 6.45) is -3.81. The number of aromatic nitrogens is 3. The van der Waals surface area contributed by atoms with Gasteiger partial charge >= 0.3 is 6.18 Å². The molecular formula is C15H7BrClF4N3O. The Kier molecular flexibility index (Phi) is 4.32. The SMILES string of the molecule is Cc1nc2c(-c3ccc(Cl)cc3F)nc(Br)cn2c(=O)c1C(F)(F)F. The van der Waals surface area contributed by atoms with E-state index in [9.17, 15) is 22.4 Å². The number of hydrogen-bond donors (Lipinski definition) is 0. The number of nitrogens with zero attached hydrogens (tertiary/aromatic N) is 3. The van der Waals surface area contributed by atoms with Crippen LogP contribution < -0.4 is 5.56 Å². The molecule has 2 aromatic heterocycles. The topological polar surface area (TPSA) is 47.3 Å². The van der Waals surface area contributed by atoms with Gasteiger partial charge in [0.25, 0.3) is 5.56 Å². The van der Waals surface area contributed by atoms with Crippen molar-refractivity contribution >= 4 is 33.2 Å². The van der Waals surface area contributed by atoms with Gasteiger partial charge in [-0.1, -0.05) is 11.6 Å². The summed E-state index contributed by atoms with van der Waals surface area (Å²) in [5, 5.41) is 0.140. The van der Waals surface area contributed by atoms with Crippen LogP contribution in [-0.2, 0) is 6.18 Å². The number of hydrogen-bond acceptors (Lipinski definition) is 3. The van der Waals surface area contributed by atoms with E-state index in [2.05, 4.69) is 25.9 Å². The van der Waals surface area contributed by atoms with Crippen molar-refractivity contribution in [3.05, 3.63) is 61.5 Å². The lowest BCUT2D eigenvalue weighted by atomic mass is 10.1. The van der Waals surface area contributed by atoms with E-state index in [-0.39, 0.29) is 26.5 Å². The molecule has 0 N–H and O–H groups in total. The van der Waals surface area contributed by atoms with E-state index in [1.807, 2.05) is 0 Å². The molecule has 0 saturated heterocycles. The molecule has 2 heterocycles. The second-order valence-electron chi connectivity index (χ2n) is 5.11. The van der Waals surface area contributed by atoms with Crippen LogP contribution in [0.4, 0.5) is 17.6 Å². The third-order valence-electron chi connectivity index (χ3n) is 3.43. The number of aryl methyl sites for hydroxylation is 1. The van der Waals surface area contributed by atoms with Crippen LogP contribution in [0, 0.1) is 12.7 Å². The predicted octanol–water partition coefficient (Wildman–Crippen LogP) is 4.64. The molecular weight excluding hydrogens is 430 g/mol. The minimum absolute atomic E-state index is 0.0465. The molecule has 4 nitrogen and oxygen atoms in total. The standard InChI is InChI=1S/C15H7BrClF4N3O/c1-6-11(15(19,20)21)14(25)24-5-10(16)23-12(13(24)22-6)8-3-2-7(17)4-9(8)18/h2-5H,1H3. The van der Waals surface area contributed by atoms with Gasteiger partial charge in [-0.2, -0.15) is 13.2 Å². The van der Waals surface area contributed by atoms with E-state index >= 15 is 0 Å². The van der Waals surface area contributed by atoms with Crippen LogP contribution in [0.2, 0.25) is 5.02 Å². The van der Waals surface area contributed by atoms with Gasteiger partial charge < -0.3 is 0 Å². The molecule has 0 aliphatic rings. The molecule has 0 unspecified atom stereocenters. The lowest BCUT2D eigenvalue weighted by Gasteiger charge is -2.13. The summed E-state index contributed by atoms with van der Waals surface area (Å²) >= 11 is 8.73. The monoisotopic (exact) mass is 435 g/mol. The minimum Gasteiger partial charge on any atom is -0.268 e. The van der Waals surface area contributed by atoms with Gasteiger partial charge in [0.15, 0.2) is 5.65 Å². The van der Waals surface area contributed by atoms with Crippen LogP contribution in [0.3, 0.4) is 0 Å². The van der Waals surface area contributed by atoms with Gasteiger partial charge in [0.2, 0.25) is 0 Å². The Bertz CT molecular complexity index is 1070. The van der Waals surface area contributed by atoms with Crippen molar-refractivity contribution in [1.82, 2.24) is 14.4 Å².